The fraction of sp³-hybridized carbons (Fsp3) is 0.143. The first-order valence-corrected chi connectivity index (χ1v) is 6.03. The Hall–Kier alpha value is 0.0900. The molecule has 13 heavy (non-hydrogen) atoms. The first-order valence-electron chi connectivity index (χ1n) is 3.34. The van der Waals surface area contributed by atoms with Crippen LogP contribution in [-0.4, -0.2) is 8.76 Å². The van der Waals surface area contributed by atoms with Gasteiger partial charge in [-0.25, -0.2) is 4.21 Å². The van der Waals surface area contributed by atoms with Gasteiger partial charge < -0.3 is 0 Å². The third-order valence-electron chi connectivity index (χ3n) is 1.49. The molecular weight excluding hydrogens is 322 g/mol. The lowest BCUT2D eigenvalue weighted by Crippen LogP contribution is -2.01. The highest BCUT2D eigenvalue weighted by atomic mass is 79.9. The minimum absolute atomic E-state index is 0.588. The Morgan fingerprint density at radius 2 is 1.85 bits per heavy atom. The third-order valence-corrected chi connectivity index (χ3v) is 3.54. The van der Waals surface area contributed by atoms with E-state index in [2.05, 4.69) is 36.6 Å². The zero-order valence-electron chi connectivity index (χ0n) is 6.67. The molecule has 0 saturated carbocycles. The quantitative estimate of drug-likeness (QED) is 0.820. The number of benzene rings is 1. The van der Waals surface area contributed by atoms with Crippen LogP contribution in [0.2, 0.25) is 0 Å². The number of hydrogen-bond acceptors (Lipinski definition) is 1. The molecule has 2 N–H and O–H groups in total. The highest BCUT2D eigenvalue weighted by Crippen LogP contribution is 2.28. The van der Waals surface area contributed by atoms with Gasteiger partial charge in [0.05, 0.1) is 5.69 Å². The van der Waals surface area contributed by atoms with Gasteiger partial charge in [-0.05, 0) is 24.6 Å². The molecule has 0 amide bonds. The van der Waals surface area contributed by atoms with E-state index in [1.807, 2.05) is 6.92 Å². The number of halogens is 2. The molecule has 6 heteroatoms. The maximum atomic E-state index is 10.4. The molecule has 0 fully saturated rings. The molecule has 72 valence electrons. The van der Waals surface area contributed by atoms with Crippen LogP contribution in [0.5, 0.6) is 0 Å². The second-order valence-corrected chi connectivity index (χ2v) is 4.83. The summed E-state index contributed by atoms with van der Waals surface area (Å²) in [5.41, 5.74) is 1.64. The van der Waals surface area contributed by atoms with E-state index in [4.69, 9.17) is 4.55 Å². The summed E-state index contributed by atoms with van der Waals surface area (Å²) < 4.78 is 23.2. The zero-order chi connectivity index (χ0) is 10.0. The van der Waals surface area contributed by atoms with Crippen LogP contribution in [0.25, 0.3) is 0 Å². The lowest BCUT2D eigenvalue weighted by Gasteiger charge is -2.06. The van der Waals surface area contributed by atoms with Crippen molar-refractivity contribution in [1.29, 1.82) is 0 Å². The van der Waals surface area contributed by atoms with Gasteiger partial charge >= 0.3 is 0 Å². The molecule has 0 aliphatic rings. The van der Waals surface area contributed by atoms with Gasteiger partial charge in [0.25, 0.3) is 11.3 Å². The lowest BCUT2D eigenvalue weighted by atomic mass is 10.2. The minimum atomic E-state index is -2.03. The summed E-state index contributed by atoms with van der Waals surface area (Å²) >= 11 is 4.64. The normalized spacial score (nSPS) is 12.6. The molecular formula is C7H7Br2NO2S. The predicted octanol–water partition coefficient (Wildman–Crippen LogP) is 3.07. The average Bonchev–Trinajstić information content (AvgIpc) is 1.98. The monoisotopic (exact) mass is 327 g/mol. The molecule has 0 saturated heterocycles. The first-order chi connectivity index (χ1) is 6.00. The highest BCUT2D eigenvalue weighted by Gasteiger charge is 2.03. The molecule has 0 spiro atoms. The van der Waals surface area contributed by atoms with E-state index in [1.165, 1.54) is 0 Å². The Balaban J connectivity index is 3.06. The Morgan fingerprint density at radius 3 is 2.23 bits per heavy atom. The van der Waals surface area contributed by atoms with Crippen LogP contribution in [0.15, 0.2) is 21.1 Å². The van der Waals surface area contributed by atoms with Gasteiger partial charge in [-0.1, -0.05) is 31.9 Å². The summed E-state index contributed by atoms with van der Waals surface area (Å²) in [7, 11) is 0. The summed E-state index contributed by atoms with van der Waals surface area (Å²) in [5.74, 6) is 0. The predicted molar refractivity (Wildman–Crippen MR) is 61.0 cm³/mol. The zero-order valence-corrected chi connectivity index (χ0v) is 10.7. The van der Waals surface area contributed by atoms with E-state index in [1.54, 1.807) is 12.1 Å². The first kappa shape index (κ1) is 11.2. The van der Waals surface area contributed by atoms with Crippen molar-refractivity contribution in [3.63, 3.8) is 0 Å². The van der Waals surface area contributed by atoms with Gasteiger partial charge in [0.2, 0.25) is 0 Å². The number of rotatable bonds is 2. The van der Waals surface area contributed by atoms with Crippen molar-refractivity contribution in [2.45, 2.75) is 6.92 Å². The van der Waals surface area contributed by atoms with Crippen molar-refractivity contribution in [3.8, 4) is 0 Å². The van der Waals surface area contributed by atoms with Crippen molar-refractivity contribution in [2.24, 2.45) is 0 Å². The summed E-state index contributed by atoms with van der Waals surface area (Å²) in [6.07, 6.45) is 0. The van der Waals surface area contributed by atoms with Crippen LogP contribution in [0.4, 0.5) is 5.69 Å². The Kier molecular flexibility index (Phi) is 3.90. The second-order valence-electron chi connectivity index (χ2n) is 2.42. The maximum Gasteiger partial charge on any atom is 0.259 e. The Bertz CT molecular complexity index is 333. The van der Waals surface area contributed by atoms with Crippen LogP contribution in [0.3, 0.4) is 0 Å². The molecule has 0 aliphatic heterocycles. The van der Waals surface area contributed by atoms with Crippen molar-refractivity contribution in [3.05, 3.63) is 26.6 Å². The topological polar surface area (TPSA) is 49.3 Å². The van der Waals surface area contributed by atoms with Crippen LogP contribution in [0, 0.1) is 6.92 Å². The minimum Gasteiger partial charge on any atom is -0.289 e. The summed E-state index contributed by atoms with van der Waals surface area (Å²) in [5, 5.41) is 0. The Labute approximate surface area is 95.6 Å². The summed E-state index contributed by atoms with van der Waals surface area (Å²) in [6.45, 7) is 1.94. The molecule has 1 unspecified atom stereocenters. The molecule has 1 aromatic rings. The fourth-order valence-electron chi connectivity index (χ4n) is 0.805. The smallest absolute Gasteiger partial charge is 0.259 e. The van der Waals surface area contributed by atoms with Gasteiger partial charge in [0.15, 0.2) is 0 Å². The molecule has 1 aromatic carbocycles. The molecule has 0 bridgehead atoms. The van der Waals surface area contributed by atoms with Crippen molar-refractivity contribution < 1.29 is 8.76 Å². The fourth-order valence-corrected chi connectivity index (χ4v) is 2.31. The van der Waals surface area contributed by atoms with E-state index in [0.29, 0.717) is 5.69 Å². The number of nitrogens with one attached hydrogen (secondary N) is 1. The molecule has 0 aromatic heterocycles. The van der Waals surface area contributed by atoms with Gasteiger partial charge in [0.1, 0.15) is 0 Å². The third kappa shape index (κ3) is 3.05. The van der Waals surface area contributed by atoms with Gasteiger partial charge in [0, 0.05) is 8.95 Å². The van der Waals surface area contributed by atoms with Crippen molar-refractivity contribution >= 4 is 48.8 Å². The van der Waals surface area contributed by atoms with Gasteiger partial charge in [-0.3, -0.25) is 9.27 Å². The second kappa shape index (κ2) is 4.54. The number of anilines is 1. The molecule has 1 rings (SSSR count). The van der Waals surface area contributed by atoms with Gasteiger partial charge in [-0.15, -0.1) is 0 Å². The van der Waals surface area contributed by atoms with E-state index < -0.39 is 11.3 Å². The SMILES string of the molecule is Cc1c(Br)cc(NS(=O)O)cc1Br. The van der Waals surface area contributed by atoms with Crippen LogP contribution >= 0.6 is 31.9 Å². The van der Waals surface area contributed by atoms with Crippen molar-refractivity contribution in [1.82, 2.24) is 0 Å². The lowest BCUT2D eigenvalue weighted by molar-refractivity contribution is 0.570. The summed E-state index contributed by atoms with van der Waals surface area (Å²) in [4.78, 5) is 0. The van der Waals surface area contributed by atoms with Crippen LogP contribution in [-0.2, 0) is 11.3 Å². The van der Waals surface area contributed by atoms with Crippen LogP contribution in [0.1, 0.15) is 5.56 Å². The Morgan fingerprint density at radius 1 is 1.38 bits per heavy atom. The number of hydrogen-bond donors (Lipinski definition) is 2. The molecule has 0 radical (unpaired) electrons. The molecule has 0 heterocycles. The van der Waals surface area contributed by atoms with Gasteiger partial charge in [-0.2, -0.15) is 0 Å². The summed E-state index contributed by atoms with van der Waals surface area (Å²) in [6, 6.07) is 3.49. The van der Waals surface area contributed by atoms with Crippen molar-refractivity contribution in [2.75, 3.05) is 4.72 Å². The standard InChI is InChI=1S/C7H7Br2NO2S/c1-4-6(8)2-5(3-7(4)9)10-13(11)12/h2-3,10H,1H3,(H,11,12). The molecule has 1 atom stereocenters. The largest absolute Gasteiger partial charge is 0.289 e. The average molecular weight is 329 g/mol. The highest BCUT2D eigenvalue weighted by molar-refractivity contribution is 9.11. The van der Waals surface area contributed by atoms with Crippen LogP contribution < -0.4 is 4.72 Å². The maximum absolute atomic E-state index is 10.4. The molecule has 0 aliphatic carbocycles. The molecule has 3 nitrogen and oxygen atoms in total. The van der Waals surface area contributed by atoms with E-state index in [9.17, 15) is 4.21 Å². The van der Waals surface area contributed by atoms with E-state index >= 15 is 0 Å². The van der Waals surface area contributed by atoms with E-state index in [-0.39, 0.29) is 0 Å². The van der Waals surface area contributed by atoms with E-state index in [0.717, 1.165) is 14.5 Å².